The lowest BCUT2D eigenvalue weighted by atomic mass is 9.98. The lowest BCUT2D eigenvalue weighted by Gasteiger charge is -2.39. The van der Waals surface area contributed by atoms with E-state index in [2.05, 4.69) is 4.98 Å². The molecular formula is C28H23ClF2N2O3S. The molecule has 1 amide bonds. The Kier molecular flexibility index (Phi) is 6.55. The summed E-state index contributed by atoms with van der Waals surface area (Å²) in [6, 6.07) is 16.4. The maximum Gasteiger partial charge on any atom is 0.257 e. The highest BCUT2D eigenvalue weighted by atomic mass is 35.5. The molecule has 5 nitrogen and oxygen atoms in total. The number of fused-ring (bicyclic) bond motifs is 3. The van der Waals surface area contributed by atoms with E-state index in [1.165, 1.54) is 23.9 Å². The molecule has 0 spiro atoms. The van der Waals surface area contributed by atoms with E-state index in [0.717, 1.165) is 30.0 Å². The lowest BCUT2D eigenvalue weighted by molar-refractivity contribution is 0.0349. The first-order chi connectivity index (χ1) is 17.9. The first-order valence-corrected chi connectivity index (χ1v) is 13.5. The van der Waals surface area contributed by atoms with Gasteiger partial charge in [-0.25, -0.2) is 13.8 Å². The van der Waals surface area contributed by atoms with Gasteiger partial charge in [-0.15, -0.1) is 0 Å². The molecule has 2 atom stereocenters. The van der Waals surface area contributed by atoms with Gasteiger partial charge in [-0.05, 0) is 54.8 Å². The molecule has 2 aliphatic heterocycles. The van der Waals surface area contributed by atoms with Crippen LogP contribution in [0, 0.1) is 11.6 Å². The van der Waals surface area contributed by atoms with Gasteiger partial charge in [0.2, 0.25) is 0 Å². The van der Waals surface area contributed by atoms with Crippen LogP contribution in [-0.4, -0.2) is 34.0 Å². The number of rotatable bonds is 6. The van der Waals surface area contributed by atoms with Crippen LogP contribution in [0.25, 0.3) is 11.1 Å². The fraction of sp³-hybridized carbons (Fsp3) is 0.286. The predicted octanol–water partition coefficient (Wildman–Crippen LogP) is 7.27. The minimum absolute atomic E-state index is 0.00828. The van der Waals surface area contributed by atoms with Crippen LogP contribution in [0.2, 0.25) is 5.02 Å². The van der Waals surface area contributed by atoms with E-state index in [4.69, 9.17) is 20.8 Å². The van der Waals surface area contributed by atoms with Gasteiger partial charge >= 0.3 is 0 Å². The topological polar surface area (TPSA) is 55.6 Å². The fourth-order valence-corrected chi connectivity index (χ4v) is 6.24. The first-order valence-electron chi connectivity index (χ1n) is 12.1. The van der Waals surface area contributed by atoms with Gasteiger partial charge in [0.15, 0.2) is 17.1 Å². The molecule has 9 heteroatoms. The average molecular weight is 541 g/mol. The van der Waals surface area contributed by atoms with Crippen molar-refractivity contribution < 1.29 is 22.7 Å². The number of aromatic nitrogens is 1. The Bertz CT molecular complexity index is 1450. The van der Waals surface area contributed by atoms with Gasteiger partial charge in [0.25, 0.3) is 11.1 Å². The maximum absolute atomic E-state index is 14.0. The summed E-state index contributed by atoms with van der Waals surface area (Å²) in [6.45, 7) is 0. The minimum Gasteiger partial charge on any atom is -0.487 e. The predicted molar refractivity (Wildman–Crippen MR) is 138 cm³/mol. The van der Waals surface area contributed by atoms with Gasteiger partial charge < -0.3 is 14.1 Å². The van der Waals surface area contributed by atoms with Crippen molar-refractivity contribution in [1.29, 1.82) is 0 Å². The van der Waals surface area contributed by atoms with Crippen molar-refractivity contribution >= 4 is 40.4 Å². The molecule has 0 radical (unpaired) electrons. The first kappa shape index (κ1) is 24.2. The van der Waals surface area contributed by atoms with Crippen LogP contribution >= 0.6 is 23.4 Å². The van der Waals surface area contributed by atoms with E-state index in [-0.39, 0.29) is 29.8 Å². The Labute approximate surface area is 221 Å². The Balaban J connectivity index is 1.08. The average Bonchev–Trinajstić information content (AvgIpc) is 3.41. The molecule has 4 aromatic rings. The molecule has 190 valence electrons. The van der Waals surface area contributed by atoms with Crippen molar-refractivity contribution in [3.05, 3.63) is 88.4 Å². The summed E-state index contributed by atoms with van der Waals surface area (Å²) < 4.78 is 38.9. The standard InChI is InChI=1S/C28H23ClF2N2O3S/c29-18-5-9-24-26(11-18)36-28(32-24)37-15-16-1-3-17(4-2-16)27(34)33-20-7-8-21(33)14-22(13-20)35-25-10-6-19(30)12-23(25)31/h1-6,9-12,20-22H,7-8,13-15H2/t20-,21-/m0/s1. The number of carbonyl (C=O) groups is 1. The summed E-state index contributed by atoms with van der Waals surface area (Å²) in [5.41, 5.74) is 3.12. The highest BCUT2D eigenvalue weighted by molar-refractivity contribution is 7.98. The quantitative estimate of drug-likeness (QED) is 0.241. The minimum atomic E-state index is -0.704. The number of ether oxygens (including phenoxy) is 1. The van der Waals surface area contributed by atoms with Crippen molar-refractivity contribution in [2.75, 3.05) is 0 Å². The molecule has 0 unspecified atom stereocenters. The molecule has 2 saturated heterocycles. The second-order valence-electron chi connectivity index (χ2n) is 9.46. The highest BCUT2D eigenvalue weighted by Gasteiger charge is 2.44. The molecule has 2 bridgehead atoms. The zero-order chi connectivity index (χ0) is 25.5. The summed E-state index contributed by atoms with van der Waals surface area (Å²) >= 11 is 7.50. The van der Waals surface area contributed by atoms with Crippen LogP contribution in [0.5, 0.6) is 5.75 Å². The number of hydrogen-bond acceptors (Lipinski definition) is 5. The number of hydrogen-bond donors (Lipinski definition) is 0. The molecule has 6 rings (SSSR count). The normalized spacial score (nSPS) is 20.9. The summed E-state index contributed by atoms with van der Waals surface area (Å²) in [6.07, 6.45) is 2.84. The number of carbonyl (C=O) groups excluding carboxylic acids is 1. The van der Waals surface area contributed by atoms with Crippen molar-refractivity contribution in [2.45, 2.75) is 54.8 Å². The molecule has 0 aliphatic carbocycles. The van der Waals surface area contributed by atoms with Crippen LogP contribution < -0.4 is 4.74 Å². The van der Waals surface area contributed by atoms with Crippen LogP contribution in [0.3, 0.4) is 0 Å². The molecule has 1 aromatic heterocycles. The molecular weight excluding hydrogens is 518 g/mol. The Morgan fingerprint density at radius 3 is 2.54 bits per heavy atom. The van der Waals surface area contributed by atoms with Gasteiger partial charge in [0.05, 0.1) is 0 Å². The van der Waals surface area contributed by atoms with E-state index in [9.17, 15) is 13.6 Å². The van der Waals surface area contributed by atoms with Crippen molar-refractivity contribution in [2.24, 2.45) is 0 Å². The van der Waals surface area contributed by atoms with E-state index in [1.54, 1.807) is 12.1 Å². The third-order valence-electron chi connectivity index (χ3n) is 7.01. The highest BCUT2D eigenvalue weighted by Crippen LogP contribution is 2.39. The second-order valence-corrected chi connectivity index (χ2v) is 10.8. The Morgan fingerprint density at radius 1 is 1.05 bits per heavy atom. The molecule has 2 aliphatic rings. The molecule has 3 aromatic carbocycles. The largest absolute Gasteiger partial charge is 0.487 e. The SMILES string of the molecule is O=C(c1ccc(CSc2nc3ccc(Cl)cc3o2)cc1)N1[C@H]2CC[C@H]1CC(Oc1ccc(F)cc1F)C2. The number of oxazole rings is 1. The van der Waals surface area contributed by atoms with Crippen molar-refractivity contribution in [3.63, 3.8) is 0 Å². The number of halogens is 3. The van der Waals surface area contributed by atoms with Gasteiger partial charge in [-0.3, -0.25) is 4.79 Å². The molecule has 37 heavy (non-hydrogen) atoms. The number of nitrogens with zero attached hydrogens (tertiary/aromatic N) is 2. The van der Waals surface area contributed by atoms with Crippen molar-refractivity contribution in [1.82, 2.24) is 9.88 Å². The van der Waals surface area contributed by atoms with Gasteiger partial charge in [0.1, 0.15) is 17.4 Å². The third kappa shape index (κ3) is 5.05. The van der Waals surface area contributed by atoms with E-state index < -0.39 is 11.6 Å². The third-order valence-corrected chi connectivity index (χ3v) is 8.14. The van der Waals surface area contributed by atoms with E-state index in [0.29, 0.717) is 40.0 Å². The Morgan fingerprint density at radius 2 is 1.81 bits per heavy atom. The van der Waals surface area contributed by atoms with E-state index in [1.807, 2.05) is 35.2 Å². The number of amides is 1. The van der Waals surface area contributed by atoms with Crippen LogP contribution in [0.1, 0.15) is 41.6 Å². The number of benzene rings is 3. The zero-order valence-electron chi connectivity index (χ0n) is 19.7. The van der Waals surface area contributed by atoms with Crippen molar-refractivity contribution in [3.8, 4) is 5.75 Å². The summed E-state index contributed by atoms with van der Waals surface area (Å²) in [5.74, 6) is -0.617. The fourth-order valence-electron chi connectivity index (χ4n) is 5.28. The lowest BCUT2D eigenvalue weighted by Crippen LogP contribution is -2.49. The summed E-state index contributed by atoms with van der Waals surface area (Å²) in [5, 5.41) is 1.17. The van der Waals surface area contributed by atoms with Crippen LogP contribution in [0.4, 0.5) is 8.78 Å². The summed E-state index contributed by atoms with van der Waals surface area (Å²) in [7, 11) is 0. The van der Waals surface area contributed by atoms with E-state index >= 15 is 0 Å². The van der Waals surface area contributed by atoms with Crippen LogP contribution in [-0.2, 0) is 5.75 Å². The van der Waals surface area contributed by atoms with Crippen LogP contribution in [0.15, 0.2) is 70.3 Å². The second kappa shape index (κ2) is 9.99. The maximum atomic E-state index is 14.0. The molecule has 0 saturated carbocycles. The Hall–Kier alpha value is -3.10. The summed E-state index contributed by atoms with van der Waals surface area (Å²) in [4.78, 5) is 19.8. The zero-order valence-corrected chi connectivity index (χ0v) is 21.3. The molecule has 3 heterocycles. The van der Waals surface area contributed by atoms with Gasteiger partial charge in [-0.2, -0.15) is 0 Å². The number of piperidine rings is 1. The van der Waals surface area contributed by atoms with Gasteiger partial charge in [-0.1, -0.05) is 35.5 Å². The molecule has 2 fully saturated rings. The number of thioether (sulfide) groups is 1. The monoisotopic (exact) mass is 540 g/mol. The van der Waals surface area contributed by atoms with Gasteiger partial charge in [0, 0.05) is 53.4 Å². The smallest absolute Gasteiger partial charge is 0.257 e. The molecule has 0 N–H and O–H groups in total.